The van der Waals surface area contributed by atoms with Gasteiger partial charge in [0.15, 0.2) is 11.8 Å². The predicted octanol–water partition coefficient (Wildman–Crippen LogP) is 0.0863. The number of carbonyl (C=O) groups is 2. The average molecular weight is 352 g/mol. The molecule has 1 aliphatic carbocycles. The monoisotopic (exact) mass is 352 g/mol. The van der Waals surface area contributed by atoms with Crippen LogP contribution in [0.3, 0.4) is 0 Å². The molecule has 1 fully saturated rings. The Morgan fingerprint density at radius 2 is 2.28 bits per heavy atom. The van der Waals surface area contributed by atoms with Gasteiger partial charge in [0.25, 0.3) is 0 Å². The van der Waals surface area contributed by atoms with Crippen LogP contribution in [0.1, 0.15) is 32.6 Å². The molecule has 2 unspecified atom stereocenters. The van der Waals surface area contributed by atoms with Gasteiger partial charge in [-0.15, -0.1) is 0 Å². The summed E-state index contributed by atoms with van der Waals surface area (Å²) in [5.74, 6) is 1.17. The predicted molar refractivity (Wildman–Crippen MR) is 93.8 cm³/mol. The number of amidine groups is 1. The van der Waals surface area contributed by atoms with Gasteiger partial charge in [0.05, 0.1) is 0 Å². The van der Waals surface area contributed by atoms with Crippen LogP contribution in [0.4, 0.5) is 0 Å². The van der Waals surface area contributed by atoms with Gasteiger partial charge in [-0.25, -0.2) is 4.90 Å². The van der Waals surface area contributed by atoms with Gasteiger partial charge in [0, 0.05) is 45.7 Å². The first-order valence-corrected chi connectivity index (χ1v) is 8.76. The molecule has 2 N–H and O–H groups in total. The Morgan fingerprint density at radius 3 is 2.92 bits per heavy atom. The fraction of sp³-hybridized carbons (Fsp3) is 0.706. The molecule has 8 nitrogen and oxygen atoms in total. The van der Waals surface area contributed by atoms with Crippen molar-refractivity contribution < 1.29 is 19.4 Å². The largest absolute Gasteiger partial charge is 0.461 e. The van der Waals surface area contributed by atoms with Gasteiger partial charge in [-0.3, -0.25) is 14.6 Å². The quantitative estimate of drug-likeness (QED) is 0.674. The number of aliphatic imine (C=N–C) groups is 1. The molecule has 1 amide bonds. The average Bonchev–Trinajstić information content (AvgIpc) is 2.88. The maximum Gasteiger partial charge on any atom is 0.247 e. The van der Waals surface area contributed by atoms with E-state index in [0.717, 1.165) is 6.42 Å². The minimum absolute atomic E-state index is 0.0419. The van der Waals surface area contributed by atoms with E-state index >= 15 is 0 Å². The summed E-state index contributed by atoms with van der Waals surface area (Å²) in [4.78, 5) is 32.1. The molecule has 0 aromatic heterocycles. The Morgan fingerprint density at radius 1 is 1.52 bits per heavy atom. The molecular weight excluding hydrogens is 324 g/mol. The third-order valence-corrected chi connectivity index (χ3v) is 4.33. The van der Waals surface area contributed by atoms with Crippen LogP contribution in [0.25, 0.3) is 0 Å². The Hall–Kier alpha value is -1.93. The Labute approximate surface area is 148 Å². The van der Waals surface area contributed by atoms with E-state index in [1.165, 1.54) is 6.08 Å². The molecule has 2 rings (SSSR count). The topological polar surface area (TPSA) is 94.5 Å². The number of aliphatic hydroxyl groups is 1. The lowest BCUT2D eigenvalue weighted by Gasteiger charge is -2.27. The number of allylic oxidation sites excluding steroid dienone is 2. The number of amides is 1. The molecule has 0 radical (unpaired) electrons. The normalized spacial score (nSPS) is 25.7. The number of hydrogen-bond donors (Lipinski definition) is 2. The van der Waals surface area contributed by atoms with Crippen molar-refractivity contribution in [3.63, 3.8) is 0 Å². The van der Waals surface area contributed by atoms with Crippen molar-refractivity contribution in [2.24, 2.45) is 4.99 Å². The van der Waals surface area contributed by atoms with Gasteiger partial charge in [-0.2, -0.15) is 0 Å². The van der Waals surface area contributed by atoms with Crippen molar-refractivity contribution in [3.8, 4) is 0 Å². The highest BCUT2D eigenvalue weighted by molar-refractivity contribution is 6.08. The first kappa shape index (κ1) is 19.4. The molecule has 0 aromatic rings. The summed E-state index contributed by atoms with van der Waals surface area (Å²) in [6, 6.07) is -0.562. The first-order valence-electron chi connectivity index (χ1n) is 8.76. The van der Waals surface area contributed by atoms with E-state index < -0.39 is 12.4 Å². The summed E-state index contributed by atoms with van der Waals surface area (Å²) in [5, 5.41) is 12.1. The van der Waals surface area contributed by atoms with Gasteiger partial charge in [0.2, 0.25) is 12.3 Å². The number of ether oxygens (including phenoxy) is 1. The van der Waals surface area contributed by atoms with Crippen LogP contribution >= 0.6 is 0 Å². The summed E-state index contributed by atoms with van der Waals surface area (Å²) >= 11 is 0. The van der Waals surface area contributed by atoms with E-state index in [4.69, 9.17) is 9.84 Å². The molecule has 25 heavy (non-hydrogen) atoms. The third-order valence-electron chi connectivity index (χ3n) is 4.33. The SMILES string of the molecule is CCN=C1NC(OC2=CC(=O)CCC2)N(C)C1C(=O)N(C)CCCO. The molecule has 0 aromatic carbocycles. The van der Waals surface area contributed by atoms with Gasteiger partial charge in [0.1, 0.15) is 11.6 Å². The van der Waals surface area contributed by atoms with Crippen LogP contribution in [0.15, 0.2) is 16.8 Å². The summed E-state index contributed by atoms with van der Waals surface area (Å²) in [6.45, 7) is 2.97. The molecule has 0 bridgehead atoms. The first-order chi connectivity index (χ1) is 12.0. The lowest BCUT2D eigenvalue weighted by Crippen LogP contribution is -2.48. The molecule has 2 atom stereocenters. The molecule has 1 saturated heterocycles. The minimum Gasteiger partial charge on any atom is -0.461 e. The fourth-order valence-electron chi connectivity index (χ4n) is 2.97. The van der Waals surface area contributed by atoms with Gasteiger partial charge >= 0.3 is 0 Å². The Balaban J connectivity index is 2.11. The summed E-state index contributed by atoms with van der Waals surface area (Å²) in [5.41, 5.74) is 0. The molecular formula is C17H28N4O4. The van der Waals surface area contributed by atoms with Crippen LogP contribution in [-0.2, 0) is 14.3 Å². The van der Waals surface area contributed by atoms with Crippen LogP contribution < -0.4 is 5.32 Å². The number of ketones is 1. The highest BCUT2D eigenvalue weighted by Crippen LogP contribution is 2.22. The summed E-state index contributed by atoms with van der Waals surface area (Å²) in [6.07, 6.45) is 3.58. The lowest BCUT2D eigenvalue weighted by molar-refractivity contribution is -0.135. The van der Waals surface area contributed by atoms with Gasteiger partial charge < -0.3 is 20.1 Å². The van der Waals surface area contributed by atoms with Crippen molar-refractivity contribution in [3.05, 3.63) is 11.8 Å². The Kier molecular flexibility index (Phi) is 6.95. The minimum atomic E-state index is -0.562. The zero-order valence-corrected chi connectivity index (χ0v) is 15.2. The number of carbonyl (C=O) groups excluding carboxylic acids is 2. The number of rotatable bonds is 7. The molecule has 0 saturated carbocycles. The van der Waals surface area contributed by atoms with E-state index in [2.05, 4.69) is 10.3 Å². The van der Waals surface area contributed by atoms with Crippen LogP contribution in [0.2, 0.25) is 0 Å². The molecule has 0 spiro atoms. The Bertz CT molecular complexity index is 561. The van der Waals surface area contributed by atoms with Crippen LogP contribution in [0.5, 0.6) is 0 Å². The van der Waals surface area contributed by atoms with E-state index in [9.17, 15) is 9.59 Å². The lowest BCUT2D eigenvalue weighted by atomic mass is 10.1. The maximum atomic E-state index is 12.8. The van der Waals surface area contributed by atoms with Crippen molar-refractivity contribution in [2.75, 3.05) is 33.8 Å². The number of nitrogens with zero attached hydrogens (tertiary/aromatic N) is 3. The standard InChI is InChI=1S/C17H28N4O4/c1-4-18-15-14(16(24)20(2)9-6-10-22)21(3)17(19-15)25-13-8-5-7-12(23)11-13/h11,14,17,22H,4-10H2,1-3H3,(H,18,19). The number of nitrogens with one attached hydrogen (secondary N) is 1. The van der Waals surface area contributed by atoms with Gasteiger partial charge in [-0.1, -0.05) is 0 Å². The van der Waals surface area contributed by atoms with Crippen molar-refractivity contribution >= 4 is 17.5 Å². The zero-order valence-electron chi connectivity index (χ0n) is 15.2. The van der Waals surface area contributed by atoms with Crippen molar-refractivity contribution in [1.29, 1.82) is 0 Å². The molecule has 8 heteroatoms. The van der Waals surface area contributed by atoms with Crippen LogP contribution in [0, 0.1) is 0 Å². The molecule has 2 aliphatic rings. The van der Waals surface area contributed by atoms with Crippen molar-refractivity contribution in [2.45, 2.75) is 45.0 Å². The number of aliphatic hydroxyl groups excluding tert-OH is 1. The second kappa shape index (κ2) is 8.96. The van der Waals surface area contributed by atoms with E-state index in [0.29, 0.717) is 43.9 Å². The molecule has 140 valence electrons. The van der Waals surface area contributed by atoms with E-state index in [-0.39, 0.29) is 18.3 Å². The third kappa shape index (κ3) is 4.79. The number of likely N-dealkylation sites (N-methyl/N-ethyl adjacent to an activating group) is 2. The summed E-state index contributed by atoms with van der Waals surface area (Å²) < 4.78 is 5.92. The molecule has 1 heterocycles. The second-order valence-electron chi connectivity index (χ2n) is 6.31. The van der Waals surface area contributed by atoms with Crippen LogP contribution in [-0.4, -0.2) is 78.6 Å². The highest BCUT2D eigenvalue weighted by atomic mass is 16.5. The second-order valence-corrected chi connectivity index (χ2v) is 6.31. The summed E-state index contributed by atoms with van der Waals surface area (Å²) in [7, 11) is 3.51. The smallest absolute Gasteiger partial charge is 0.247 e. The van der Waals surface area contributed by atoms with Gasteiger partial charge in [-0.05, 0) is 26.8 Å². The zero-order chi connectivity index (χ0) is 18.4. The highest BCUT2D eigenvalue weighted by Gasteiger charge is 2.43. The van der Waals surface area contributed by atoms with E-state index in [1.807, 2.05) is 6.92 Å². The van der Waals surface area contributed by atoms with E-state index in [1.54, 1.807) is 23.9 Å². The van der Waals surface area contributed by atoms with Crippen molar-refractivity contribution in [1.82, 2.24) is 15.1 Å². The molecule has 1 aliphatic heterocycles. The number of hydrogen-bond acceptors (Lipinski definition) is 6. The maximum absolute atomic E-state index is 12.8. The fourth-order valence-corrected chi connectivity index (χ4v) is 2.97.